The van der Waals surface area contributed by atoms with Gasteiger partial charge in [-0.05, 0) is 32.7 Å². The minimum atomic E-state index is 0.606. The van der Waals surface area contributed by atoms with E-state index in [0.29, 0.717) is 6.61 Å². The highest BCUT2D eigenvalue weighted by Crippen LogP contribution is 2.33. The van der Waals surface area contributed by atoms with E-state index >= 15 is 0 Å². The first-order valence-corrected chi connectivity index (χ1v) is 7.47. The van der Waals surface area contributed by atoms with Gasteiger partial charge < -0.3 is 15.0 Å². The first-order chi connectivity index (χ1) is 8.78. The van der Waals surface area contributed by atoms with Crippen LogP contribution in [0.2, 0.25) is 0 Å². The van der Waals surface area contributed by atoms with Gasteiger partial charge in [0.05, 0.1) is 12.3 Å². The van der Waals surface area contributed by atoms with Crippen LogP contribution in [0.5, 0.6) is 0 Å². The lowest BCUT2D eigenvalue weighted by Crippen LogP contribution is -2.25. The van der Waals surface area contributed by atoms with Gasteiger partial charge in [-0.3, -0.25) is 0 Å². The van der Waals surface area contributed by atoms with Gasteiger partial charge in [-0.2, -0.15) is 0 Å². The number of ether oxygens (including phenoxy) is 1. The lowest BCUT2D eigenvalue weighted by Gasteiger charge is -2.19. The molecule has 1 aromatic heterocycles. The fraction of sp³-hybridized carbons (Fsp3) is 0.769. The second-order valence-corrected chi connectivity index (χ2v) is 5.87. The molecule has 0 saturated heterocycles. The van der Waals surface area contributed by atoms with Gasteiger partial charge in [0, 0.05) is 31.6 Å². The number of rotatable bonds is 8. The summed E-state index contributed by atoms with van der Waals surface area (Å²) < 4.78 is 5.23. The van der Waals surface area contributed by atoms with E-state index in [2.05, 4.69) is 17.1 Å². The van der Waals surface area contributed by atoms with Gasteiger partial charge in [0.15, 0.2) is 5.13 Å². The van der Waals surface area contributed by atoms with Crippen molar-refractivity contribution in [2.24, 2.45) is 5.92 Å². The molecule has 1 N–H and O–H groups in total. The van der Waals surface area contributed by atoms with Crippen molar-refractivity contribution in [3.05, 3.63) is 10.6 Å². The molecule has 1 fully saturated rings. The van der Waals surface area contributed by atoms with Crippen LogP contribution in [0.15, 0.2) is 0 Å². The third-order valence-electron chi connectivity index (χ3n) is 3.21. The molecule has 5 heteroatoms. The van der Waals surface area contributed by atoms with Crippen LogP contribution in [0, 0.1) is 5.92 Å². The molecule has 18 heavy (non-hydrogen) atoms. The summed E-state index contributed by atoms with van der Waals surface area (Å²) in [5, 5.41) is 4.36. The van der Waals surface area contributed by atoms with Crippen LogP contribution < -0.4 is 10.2 Å². The van der Waals surface area contributed by atoms with Gasteiger partial charge >= 0.3 is 0 Å². The Labute approximate surface area is 113 Å². The Morgan fingerprint density at radius 1 is 1.50 bits per heavy atom. The Hall–Kier alpha value is -0.650. The molecule has 0 radical (unpaired) electrons. The number of nitrogens with zero attached hydrogens (tertiary/aromatic N) is 2. The molecule has 1 saturated carbocycles. The van der Waals surface area contributed by atoms with E-state index in [9.17, 15) is 0 Å². The molecule has 2 rings (SSSR count). The Balaban J connectivity index is 2.11. The summed E-state index contributed by atoms with van der Waals surface area (Å²) in [6, 6.07) is 0. The maximum atomic E-state index is 5.23. The van der Waals surface area contributed by atoms with Crippen molar-refractivity contribution >= 4 is 16.5 Å². The molecule has 1 aliphatic rings. The van der Waals surface area contributed by atoms with E-state index in [1.165, 1.54) is 17.7 Å². The van der Waals surface area contributed by atoms with Crippen molar-refractivity contribution in [1.29, 1.82) is 0 Å². The average Bonchev–Trinajstić information content (AvgIpc) is 3.10. The third-order valence-corrected chi connectivity index (χ3v) is 4.37. The molecule has 1 heterocycles. The van der Waals surface area contributed by atoms with E-state index < -0.39 is 0 Å². The fourth-order valence-electron chi connectivity index (χ4n) is 2.01. The molecule has 0 unspecified atom stereocenters. The Morgan fingerprint density at radius 3 is 2.83 bits per heavy atom. The van der Waals surface area contributed by atoms with E-state index in [1.54, 1.807) is 18.4 Å². The number of methoxy groups -OCH3 is 1. The first-order valence-electron chi connectivity index (χ1n) is 6.65. The molecule has 0 aromatic carbocycles. The summed E-state index contributed by atoms with van der Waals surface area (Å²) >= 11 is 1.80. The molecule has 0 amide bonds. The van der Waals surface area contributed by atoms with Crippen LogP contribution >= 0.6 is 11.3 Å². The summed E-state index contributed by atoms with van der Waals surface area (Å²) in [5.74, 6) is 0.896. The highest BCUT2D eigenvalue weighted by molar-refractivity contribution is 7.15. The zero-order valence-electron chi connectivity index (χ0n) is 11.5. The van der Waals surface area contributed by atoms with Gasteiger partial charge in [0.1, 0.15) is 0 Å². The predicted octanol–water partition coefficient (Wildman–Crippen LogP) is 2.25. The Kier molecular flexibility index (Phi) is 4.97. The molecule has 0 spiro atoms. The van der Waals surface area contributed by atoms with Crippen LogP contribution in [0.3, 0.4) is 0 Å². The predicted molar refractivity (Wildman–Crippen MR) is 76.2 cm³/mol. The first kappa shape index (κ1) is 13.8. The number of hydrogen-bond acceptors (Lipinski definition) is 5. The number of thiazole rings is 1. The van der Waals surface area contributed by atoms with Crippen LogP contribution in [0.1, 0.15) is 30.3 Å². The largest absolute Gasteiger partial charge is 0.378 e. The third kappa shape index (κ3) is 3.43. The Morgan fingerprint density at radius 2 is 2.28 bits per heavy atom. The molecule has 1 aliphatic carbocycles. The van der Waals surface area contributed by atoms with Gasteiger partial charge in [0.2, 0.25) is 0 Å². The molecule has 1 aromatic rings. The van der Waals surface area contributed by atoms with E-state index in [4.69, 9.17) is 9.72 Å². The number of aromatic nitrogens is 1. The maximum Gasteiger partial charge on any atom is 0.185 e. The minimum absolute atomic E-state index is 0.606. The summed E-state index contributed by atoms with van der Waals surface area (Å²) in [6.07, 6.45) is 2.77. The number of nitrogens with one attached hydrogen (secondary N) is 1. The summed E-state index contributed by atoms with van der Waals surface area (Å²) in [4.78, 5) is 8.45. The fourth-order valence-corrected chi connectivity index (χ4v) is 3.16. The number of anilines is 1. The zero-order valence-corrected chi connectivity index (χ0v) is 12.3. The molecule has 4 nitrogen and oxygen atoms in total. The van der Waals surface area contributed by atoms with Gasteiger partial charge in [-0.25, -0.2) is 4.98 Å². The van der Waals surface area contributed by atoms with Crippen LogP contribution in [-0.4, -0.2) is 32.2 Å². The standard InChI is InChI=1S/C13H23N3OS/c1-4-16(8-10-5-6-10)13-15-11(9-17-3)12(18-13)7-14-2/h10,14H,4-9H2,1-3H3. The molecule has 0 aliphatic heterocycles. The SMILES string of the molecule is CCN(CC1CC1)c1nc(COC)c(CNC)s1. The normalized spacial score (nSPS) is 15.1. The summed E-state index contributed by atoms with van der Waals surface area (Å²) in [5.41, 5.74) is 1.08. The Bertz CT molecular complexity index is 353. The lowest BCUT2D eigenvalue weighted by molar-refractivity contribution is 0.181. The molecule has 0 atom stereocenters. The van der Waals surface area contributed by atoms with Crippen molar-refractivity contribution in [2.75, 3.05) is 32.1 Å². The van der Waals surface area contributed by atoms with E-state index in [1.807, 2.05) is 7.05 Å². The summed E-state index contributed by atoms with van der Waals surface area (Å²) in [7, 11) is 3.70. The highest BCUT2D eigenvalue weighted by atomic mass is 32.1. The van der Waals surface area contributed by atoms with Gasteiger partial charge in [-0.15, -0.1) is 11.3 Å². The smallest absolute Gasteiger partial charge is 0.185 e. The average molecular weight is 269 g/mol. The van der Waals surface area contributed by atoms with Crippen molar-refractivity contribution in [1.82, 2.24) is 10.3 Å². The molecule has 0 bridgehead atoms. The zero-order chi connectivity index (χ0) is 13.0. The molecular formula is C13H23N3OS. The summed E-state index contributed by atoms with van der Waals surface area (Å²) in [6.45, 7) is 5.88. The van der Waals surface area contributed by atoms with Gasteiger partial charge in [-0.1, -0.05) is 0 Å². The maximum absolute atomic E-state index is 5.23. The minimum Gasteiger partial charge on any atom is -0.378 e. The van der Waals surface area contributed by atoms with E-state index in [-0.39, 0.29) is 0 Å². The molecular weight excluding hydrogens is 246 g/mol. The van der Waals surface area contributed by atoms with Crippen molar-refractivity contribution in [3.63, 3.8) is 0 Å². The molecule has 102 valence electrons. The van der Waals surface area contributed by atoms with Crippen LogP contribution in [-0.2, 0) is 17.9 Å². The number of hydrogen-bond donors (Lipinski definition) is 1. The highest BCUT2D eigenvalue weighted by Gasteiger charge is 2.25. The monoisotopic (exact) mass is 269 g/mol. The van der Waals surface area contributed by atoms with E-state index in [0.717, 1.165) is 36.4 Å². The van der Waals surface area contributed by atoms with Crippen molar-refractivity contribution < 1.29 is 4.74 Å². The van der Waals surface area contributed by atoms with Crippen molar-refractivity contribution in [3.8, 4) is 0 Å². The van der Waals surface area contributed by atoms with Crippen LogP contribution in [0.25, 0.3) is 0 Å². The van der Waals surface area contributed by atoms with Gasteiger partial charge in [0.25, 0.3) is 0 Å². The second kappa shape index (κ2) is 6.50. The van der Waals surface area contributed by atoms with Crippen LogP contribution in [0.4, 0.5) is 5.13 Å². The lowest BCUT2D eigenvalue weighted by atomic mass is 10.3. The second-order valence-electron chi connectivity index (χ2n) is 4.81. The quantitative estimate of drug-likeness (QED) is 0.785. The topological polar surface area (TPSA) is 37.4 Å². The van der Waals surface area contributed by atoms with Crippen molar-refractivity contribution in [2.45, 2.75) is 32.9 Å².